The Balaban J connectivity index is 2.05. The van der Waals surface area contributed by atoms with Crippen molar-refractivity contribution in [1.82, 2.24) is 0 Å². The highest BCUT2D eigenvalue weighted by Gasteiger charge is 2.05. The molecule has 0 amide bonds. The third-order valence-electron chi connectivity index (χ3n) is 2.55. The summed E-state index contributed by atoms with van der Waals surface area (Å²) >= 11 is 5.87. The Morgan fingerprint density at radius 3 is 2.68 bits per heavy atom. The van der Waals surface area contributed by atoms with Crippen LogP contribution in [-0.4, -0.2) is 13.1 Å². The van der Waals surface area contributed by atoms with Crippen LogP contribution in [0.4, 0.5) is 0 Å². The van der Waals surface area contributed by atoms with Gasteiger partial charge in [0.1, 0.15) is 12.4 Å². The lowest BCUT2D eigenvalue weighted by Crippen LogP contribution is -2.03. The van der Waals surface area contributed by atoms with Crippen LogP contribution in [0.15, 0.2) is 48.5 Å². The van der Waals surface area contributed by atoms with Crippen molar-refractivity contribution < 1.29 is 14.3 Å². The number of hydrogen-bond donors (Lipinski definition) is 0. The highest BCUT2D eigenvalue weighted by molar-refractivity contribution is 6.30. The second-order valence-corrected chi connectivity index (χ2v) is 4.37. The molecule has 2 aromatic rings. The van der Waals surface area contributed by atoms with Gasteiger partial charge < -0.3 is 9.47 Å². The van der Waals surface area contributed by atoms with E-state index in [1.165, 1.54) is 7.11 Å². The van der Waals surface area contributed by atoms with E-state index in [1.807, 2.05) is 18.2 Å². The summed E-state index contributed by atoms with van der Waals surface area (Å²) in [5.74, 6) is 0.334. The van der Waals surface area contributed by atoms with E-state index in [9.17, 15) is 4.79 Å². The Labute approximate surface area is 116 Å². The fraction of sp³-hybridized carbons (Fsp3) is 0.133. The van der Waals surface area contributed by atoms with Gasteiger partial charge in [0.15, 0.2) is 0 Å². The van der Waals surface area contributed by atoms with Crippen LogP contribution in [0.3, 0.4) is 0 Å². The van der Waals surface area contributed by atoms with Gasteiger partial charge in [0, 0.05) is 5.02 Å². The Kier molecular flexibility index (Phi) is 4.42. The van der Waals surface area contributed by atoms with Crippen LogP contribution in [0.25, 0.3) is 0 Å². The zero-order valence-electron chi connectivity index (χ0n) is 10.4. The van der Waals surface area contributed by atoms with E-state index in [4.69, 9.17) is 16.3 Å². The molecular weight excluding hydrogens is 264 g/mol. The van der Waals surface area contributed by atoms with Crippen LogP contribution < -0.4 is 4.74 Å². The largest absolute Gasteiger partial charge is 0.489 e. The minimum Gasteiger partial charge on any atom is -0.489 e. The van der Waals surface area contributed by atoms with E-state index < -0.39 is 0 Å². The van der Waals surface area contributed by atoms with Gasteiger partial charge in [0.05, 0.1) is 12.7 Å². The van der Waals surface area contributed by atoms with Gasteiger partial charge in [-0.25, -0.2) is 4.79 Å². The van der Waals surface area contributed by atoms with Crippen LogP contribution in [0.2, 0.25) is 5.02 Å². The molecule has 4 heteroatoms. The molecule has 0 atom stereocenters. The summed E-state index contributed by atoms with van der Waals surface area (Å²) in [6, 6.07) is 14.3. The van der Waals surface area contributed by atoms with Crippen molar-refractivity contribution in [2.75, 3.05) is 7.11 Å². The summed E-state index contributed by atoms with van der Waals surface area (Å²) in [6.45, 7) is 0.366. The van der Waals surface area contributed by atoms with E-state index in [-0.39, 0.29) is 5.97 Å². The SMILES string of the molecule is COC(=O)c1cccc(COc2cccc(Cl)c2)c1. The Morgan fingerprint density at radius 1 is 1.16 bits per heavy atom. The summed E-state index contributed by atoms with van der Waals surface area (Å²) in [5, 5.41) is 0.626. The first-order valence-electron chi connectivity index (χ1n) is 5.74. The monoisotopic (exact) mass is 276 g/mol. The molecule has 0 saturated carbocycles. The van der Waals surface area contributed by atoms with Crippen LogP contribution in [0.5, 0.6) is 5.75 Å². The first-order chi connectivity index (χ1) is 9.19. The Bertz CT molecular complexity index is 581. The van der Waals surface area contributed by atoms with Gasteiger partial charge in [-0.15, -0.1) is 0 Å². The van der Waals surface area contributed by atoms with Crippen molar-refractivity contribution in [2.45, 2.75) is 6.61 Å². The molecule has 3 nitrogen and oxygen atoms in total. The normalized spacial score (nSPS) is 10.0. The zero-order valence-corrected chi connectivity index (χ0v) is 11.2. The second kappa shape index (κ2) is 6.25. The lowest BCUT2D eigenvalue weighted by molar-refractivity contribution is 0.0600. The molecule has 0 aromatic heterocycles. The minimum atomic E-state index is -0.357. The quantitative estimate of drug-likeness (QED) is 0.799. The van der Waals surface area contributed by atoms with Crippen molar-refractivity contribution in [2.24, 2.45) is 0 Å². The first-order valence-corrected chi connectivity index (χ1v) is 6.12. The molecule has 0 aliphatic heterocycles. The minimum absolute atomic E-state index is 0.357. The number of esters is 1. The number of methoxy groups -OCH3 is 1. The maximum atomic E-state index is 11.4. The predicted molar refractivity (Wildman–Crippen MR) is 73.6 cm³/mol. The second-order valence-electron chi connectivity index (χ2n) is 3.94. The molecule has 0 saturated heterocycles. The van der Waals surface area contributed by atoms with Gasteiger partial charge >= 0.3 is 5.97 Å². The molecule has 0 fully saturated rings. The van der Waals surface area contributed by atoms with E-state index >= 15 is 0 Å². The molecule has 0 aliphatic rings. The summed E-state index contributed by atoms with van der Waals surface area (Å²) in [4.78, 5) is 11.4. The molecule has 0 aliphatic carbocycles. The number of hydrogen-bond acceptors (Lipinski definition) is 3. The number of benzene rings is 2. The van der Waals surface area contributed by atoms with E-state index in [0.717, 1.165) is 5.56 Å². The molecule has 2 aromatic carbocycles. The van der Waals surface area contributed by atoms with Crippen molar-refractivity contribution in [1.29, 1.82) is 0 Å². The summed E-state index contributed by atoms with van der Waals surface area (Å²) < 4.78 is 10.3. The van der Waals surface area contributed by atoms with E-state index in [0.29, 0.717) is 22.9 Å². The van der Waals surface area contributed by atoms with Gasteiger partial charge in [-0.3, -0.25) is 0 Å². The maximum Gasteiger partial charge on any atom is 0.337 e. The topological polar surface area (TPSA) is 35.5 Å². The number of carbonyl (C=O) groups is 1. The highest BCUT2D eigenvalue weighted by Crippen LogP contribution is 2.18. The van der Waals surface area contributed by atoms with Crippen LogP contribution in [-0.2, 0) is 11.3 Å². The van der Waals surface area contributed by atoms with Crippen molar-refractivity contribution in [3.05, 3.63) is 64.7 Å². The zero-order chi connectivity index (χ0) is 13.7. The average molecular weight is 277 g/mol. The summed E-state index contributed by atoms with van der Waals surface area (Å²) in [6.07, 6.45) is 0. The van der Waals surface area contributed by atoms with Gasteiger partial charge in [-0.1, -0.05) is 29.8 Å². The smallest absolute Gasteiger partial charge is 0.337 e. The van der Waals surface area contributed by atoms with Crippen molar-refractivity contribution in [3.63, 3.8) is 0 Å². The van der Waals surface area contributed by atoms with Gasteiger partial charge in [0.2, 0.25) is 0 Å². The van der Waals surface area contributed by atoms with Crippen LogP contribution in [0.1, 0.15) is 15.9 Å². The lowest BCUT2D eigenvalue weighted by Gasteiger charge is -2.07. The Morgan fingerprint density at radius 2 is 1.95 bits per heavy atom. The fourth-order valence-electron chi connectivity index (χ4n) is 1.63. The molecule has 19 heavy (non-hydrogen) atoms. The van der Waals surface area contributed by atoms with Gasteiger partial charge in [0.25, 0.3) is 0 Å². The molecule has 98 valence electrons. The number of carbonyl (C=O) groups excluding carboxylic acids is 1. The molecule has 0 unspecified atom stereocenters. The maximum absolute atomic E-state index is 11.4. The molecule has 0 N–H and O–H groups in total. The summed E-state index contributed by atoms with van der Waals surface area (Å²) in [5.41, 5.74) is 1.40. The molecular formula is C15H13ClO3. The standard InChI is InChI=1S/C15H13ClO3/c1-18-15(17)12-5-2-4-11(8-12)10-19-14-7-3-6-13(16)9-14/h2-9H,10H2,1H3. The van der Waals surface area contributed by atoms with E-state index in [1.54, 1.807) is 30.3 Å². The van der Waals surface area contributed by atoms with E-state index in [2.05, 4.69) is 4.74 Å². The summed E-state index contributed by atoms with van der Waals surface area (Å²) in [7, 11) is 1.36. The highest BCUT2D eigenvalue weighted by atomic mass is 35.5. The van der Waals surface area contributed by atoms with Crippen molar-refractivity contribution >= 4 is 17.6 Å². The fourth-order valence-corrected chi connectivity index (χ4v) is 1.81. The average Bonchev–Trinajstić information content (AvgIpc) is 2.45. The molecule has 2 rings (SSSR count). The molecule has 0 spiro atoms. The number of rotatable bonds is 4. The third-order valence-corrected chi connectivity index (χ3v) is 2.78. The first kappa shape index (κ1) is 13.4. The van der Waals surface area contributed by atoms with Gasteiger partial charge in [-0.2, -0.15) is 0 Å². The van der Waals surface area contributed by atoms with Crippen molar-refractivity contribution in [3.8, 4) is 5.75 Å². The van der Waals surface area contributed by atoms with Gasteiger partial charge in [-0.05, 0) is 35.9 Å². The molecule has 0 heterocycles. The number of ether oxygens (including phenoxy) is 2. The Hall–Kier alpha value is -2.00. The predicted octanol–water partition coefficient (Wildman–Crippen LogP) is 3.71. The van der Waals surface area contributed by atoms with Crippen LogP contribution >= 0.6 is 11.6 Å². The molecule has 0 radical (unpaired) electrons. The lowest BCUT2D eigenvalue weighted by atomic mass is 10.1. The van der Waals surface area contributed by atoms with Crippen LogP contribution in [0, 0.1) is 0 Å². The molecule has 0 bridgehead atoms. The number of halogens is 1. The third kappa shape index (κ3) is 3.73.